The van der Waals surface area contributed by atoms with Gasteiger partial charge >= 0.3 is 0 Å². The Kier molecular flexibility index (Phi) is 3.39. The molecule has 0 saturated heterocycles. The van der Waals surface area contributed by atoms with Crippen LogP contribution in [0, 0.1) is 11.3 Å². The van der Waals surface area contributed by atoms with Crippen molar-refractivity contribution in [3.63, 3.8) is 0 Å². The highest BCUT2D eigenvalue weighted by atomic mass is 16.5. The molecule has 5 nitrogen and oxygen atoms in total. The van der Waals surface area contributed by atoms with E-state index in [2.05, 4.69) is 10.2 Å². The third-order valence-electron chi connectivity index (χ3n) is 2.54. The standard InChI is InChI=1S/C13H11N3O2/c1-18-11-4-2-9(3-5-11)12-8-10(6-7-14)13(17)16-15-12/h2-5,8H,6H2,1H3,(H,16,17). The number of aromatic amines is 1. The van der Waals surface area contributed by atoms with Gasteiger partial charge in [0.1, 0.15) is 5.75 Å². The third kappa shape index (κ3) is 2.38. The first kappa shape index (κ1) is 11.9. The highest BCUT2D eigenvalue weighted by Crippen LogP contribution is 2.19. The highest BCUT2D eigenvalue weighted by molar-refractivity contribution is 5.60. The number of ether oxygens (including phenoxy) is 1. The molecule has 0 aliphatic heterocycles. The summed E-state index contributed by atoms with van der Waals surface area (Å²) >= 11 is 0. The molecule has 0 amide bonds. The number of H-pyrrole nitrogens is 1. The van der Waals surface area contributed by atoms with Crippen molar-refractivity contribution >= 4 is 0 Å². The van der Waals surface area contributed by atoms with Gasteiger partial charge in [-0.15, -0.1) is 0 Å². The fraction of sp³-hybridized carbons (Fsp3) is 0.154. The Morgan fingerprint density at radius 3 is 2.72 bits per heavy atom. The SMILES string of the molecule is COc1ccc(-c2cc(CC#N)c(=O)[nH]n2)cc1. The van der Waals surface area contributed by atoms with Gasteiger partial charge in [-0.3, -0.25) is 4.79 Å². The lowest BCUT2D eigenvalue weighted by molar-refractivity contribution is 0.415. The first-order valence-electron chi connectivity index (χ1n) is 5.34. The average molecular weight is 241 g/mol. The molecule has 0 atom stereocenters. The summed E-state index contributed by atoms with van der Waals surface area (Å²) in [4.78, 5) is 11.4. The van der Waals surface area contributed by atoms with Crippen LogP contribution in [-0.2, 0) is 6.42 Å². The monoisotopic (exact) mass is 241 g/mol. The quantitative estimate of drug-likeness (QED) is 0.883. The predicted octanol–water partition coefficient (Wildman–Crippen LogP) is 1.51. The second-order valence-electron chi connectivity index (χ2n) is 3.67. The maximum absolute atomic E-state index is 11.4. The maximum Gasteiger partial charge on any atom is 0.268 e. The number of nitrogens with zero attached hydrogens (tertiary/aromatic N) is 2. The molecular weight excluding hydrogens is 230 g/mol. The lowest BCUT2D eigenvalue weighted by atomic mass is 10.1. The zero-order valence-electron chi connectivity index (χ0n) is 9.80. The third-order valence-corrected chi connectivity index (χ3v) is 2.54. The molecule has 0 aliphatic carbocycles. The summed E-state index contributed by atoms with van der Waals surface area (Å²) in [7, 11) is 1.60. The van der Waals surface area contributed by atoms with E-state index < -0.39 is 0 Å². The van der Waals surface area contributed by atoms with Crippen LogP contribution in [0.2, 0.25) is 0 Å². The molecule has 0 fully saturated rings. The van der Waals surface area contributed by atoms with E-state index in [0.717, 1.165) is 11.3 Å². The number of benzene rings is 1. The lowest BCUT2D eigenvalue weighted by Crippen LogP contribution is -2.14. The van der Waals surface area contributed by atoms with E-state index in [4.69, 9.17) is 10.00 Å². The van der Waals surface area contributed by atoms with Gasteiger partial charge in [-0.25, -0.2) is 5.10 Å². The number of rotatable bonds is 3. The molecular formula is C13H11N3O2. The summed E-state index contributed by atoms with van der Waals surface area (Å²) in [6.07, 6.45) is 0.0704. The van der Waals surface area contributed by atoms with Crippen LogP contribution in [0.3, 0.4) is 0 Å². The lowest BCUT2D eigenvalue weighted by Gasteiger charge is -2.03. The van der Waals surface area contributed by atoms with Gasteiger partial charge < -0.3 is 4.74 Å². The Labute approximate surface area is 104 Å². The molecule has 1 aromatic carbocycles. The molecule has 1 N–H and O–H groups in total. The predicted molar refractivity (Wildman–Crippen MR) is 66.2 cm³/mol. The molecule has 90 valence electrons. The summed E-state index contributed by atoms with van der Waals surface area (Å²) in [5, 5.41) is 15.0. The van der Waals surface area contributed by atoms with E-state index in [1.807, 2.05) is 30.3 Å². The zero-order valence-corrected chi connectivity index (χ0v) is 9.80. The van der Waals surface area contributed by atoms with Crippen LogP contribution >= 0.6 is 0 Å². The van der Waals surface area contributed by atoms with Crippen LogP contribution in [0.25, 0.3) is 11.3 Å². The largest absolute Gasteiger partial charge is 0.497 e. The summed E-state index contributed by atoms with van der Waals surface area (Å²) in [6.45, 7) is 0. The van der Waals surface area contributed by atoms with Gasteiger partial charge in [-0.1, -0.05) is 0 Å². The number of hydrogen-bond acceptors (Lipinski definition) is 4. The molecule has 18 heavy (non-hydrogen) atoms. The van der Waals surface area contributed by atoms with E-state index in [1.54, 1.807) is 13.2 Å². The van der Waals surface area contributed by atoms with Crippen LogP contribution in [-0.4, -0.2) is 17.3 Å². The van der Waals surface area contributed by atoms with E-state index in [9.17, 15) is 4.79 Å². The molecule has 2 rings (SSSR count). The molecule has 1 heterocycles. The van der Waals surface area contributed by atoms with Crippen molar-refractivity contribution in [1.82, 2.24) is 10.2 Å². The van der Waals surface area contributed by atoms with Crippen LogP contribution in [0.4, 0.5) is 0 Å². The first-order chi connectivity index (χ1) is 8.74. The molecule has 0 spiro atoms. The van der Waals surface area contributed by atoms with E-state index in [-0.39, 0.29) is 12.0 Å². The number of nitrogens with one attached hydrogen (secondary N) is 1. The van der Waals surface area contributed by atoms with Crippen LogP contribution in [0.1, 0.15) is 5.56 Å². The van der Waals surface area contributed by atoms with Crippen molar-refractivity contribution < 1.29 is 4.74 Å². The average Bonchev–Trinajstić information content (AvgIpc) is 2.42. The van der Waals surface area contributed by atoms with Crippen molar-refractivity contribution in [1.29, 1.82) is 5.26 Å². The summed E-state index contributed by atoms with van der Waals surface area (Å²) in [5.41, 5.74) is 1.57. The van der Waals surface area contributed by atoms with Crippen LogP contribution in [0.15, 0.2) is 35.1 Å². The van der Waals surface area contributed by atoms with Gasteiger partial charge in [-0.05, 0) is 30.3 Å². The number of methoxy groups -OCH3 is 1. The fourth-order valence-electron chi connectivity index (χ4n) is 1.57. The van der Waals surface area contributed by atoms with Gasteiger partial charge in [0.05, 0.1) is 25.3 Å². The first-order valence-corrected chi connectivity index (χ1v) is 5.34. The highest BCUT2D eigenvalue weighted by Gasteiger charge is 2.05. The molecule has 0 unspecified atom stereocenters. The van der Waals surface area contributed by atoms with E-state index >= 15 is 0 Å². The second-order valence-corrected chi connectivity index (χ2v) is 3.67. The number of aromatic nitrogens is 2. The smallest absolute Gasteiger partial charge is 0.268 e. The van der Waals surface area contributed by atoms with Crippen molar-refractivity contribution in [2.45, 2.75) is 6.42 Å². The topological polar surface area (TPSA) is 78.8 Å². The van der Waals surface area contributed by atoms with Gasteiger partial charge in [0.2, 0.25) is 0 Å². The van der Waals surface area contributed by atoms with Crippen LogP contribution in [0.5, 0.6) is 5.75 Å². The number of nitriles is 1. The fourth-order valence-corrected chi connectivity index (χ4v) is 1.57. The number of hydrogen-bond donors (Lipinski definition) is 1. The molecule has 0 bridgehead atoms. The van der Waals surface area contributed by atoms with Gasteiger partial charge in [-0.2, -0.15) is 10.4 Å². The summed E-state index contributed by atoms with van der Waals surface area (Å²) in [6, 6.07) is 10.9. The minimum atomic E-state index is -0.325. The summed E-state index contributed by atoms with van der Waals surface area (Å²) in [5.74, 6) is 0.750. The summed E-state index contributed by atoms with van der Waals surface area (Å²) < 4.78 is 5.07. The van der Waals surface area contributed by atoms with Crippen molar-refractivity contribution in [2.75, 3.05) is 7.11 Å². The molecule has 1 aromatic heterocycles. The normalized spacial score (nSPS) is 9.78. The van der Waals surface area contributed by atoms with E-state index in [1.165, 1.54) is 0 Å². The van der Waals surface area contributed by atoms with E-state index in [0.29, 0.717) is 11.3 Å². The Balaban J connectivity index is 2.41. The minimum absolute atomic E-state index is 0.0704. The van der Waals surface area contributed by atoms with Gasteiger partial charge in [0.15, 0.2) is 0 Å². The minimum Gasteiger partial charge on any atom is -0.497 e. The Hall–Kier alpha value is -2.61. The molecule has 0 radical (unpaired) electrons. The molecule has 0 saturated carbocycles. The molecule has 0 aliphatic rings. The van der Waals surface area contributed by atoms with Gasteiger partial charge in [0.25, 0.3) is 5.56 Å². The Morgan fingerprint density at radius 1 is 1.39 bits per heavy atom. The van der Waals surface area contributed by atoms with Crippen molar-refractivity contribution in [3.05, 3.63) is 46.2 Å². The molecule has 5 heteroatoms. The second kappa shape index (κ2) is 5.15. The molecule has 2 aromatic rings. The Morgan fingerprint density at radius 2 is 2.11 bits per heavy atom. The van der Waals surface area contributed by atoms with Crippen LogP contribution < -0.4 is 10.3 Å². The Bertz CT molecular complexity index is 639. The van der Waals surface area contributed by atoms with Crippen molar-refractivity contribution in [3.8, 4) is 23.1 Å². The van der Waals surface area contributed by atoms with Crippen molar-refractivity contribution in [2.24, 2.45) is 0 Å². The van der Waals surface area contributed by atoms with Gasteiger partial charge in [0, 0.05) is 11.1 Å². The maximum atomic E-state index is 11.4. The zero-order chi connectivity index (χ0) is 13.0.